The van der Waals surface area contributed by atoms with Crippen molar-refractivity contribution in [1.29, 1.82) is 0 Å². The van der Waals surface area contributed by atoms with E-state index in [1.807, 2.05) is 0 Å². The number of benzene rings is 1. The molecule has 0 atom stereocenters. The molecular weight excluding hydrogens is 318 g/mol. The Hall–Kier alpha value is -2.12. The van der Waals surface area contributed by atoms with E-state index < -0.39 is 15.8 Å². The number of ether oxygens (including phenoxy) is 1. The minimum absolute atomic E-state index is 0.0660. The highest BCUT2D eigenvalue weighted by Gasteiger charge is 2.15. The first-order valence-corrected chi connectivity index (χ1v) is 7.92. The molecular formula is C13H10ClNO5S. The lowest BCUT2D eigenvalue weighted by Crippen LogP contribution is -2.00. The van der Waals surface area contributed by atoms with E-state index in [9.17, 15) is 13.2 Å². The molecule has 0 aliphatic carbocycles. The maximum Gasteiger partial charge on any atom is 0.337 e. The van der Waals surface area contributed by atoms with Crippen LogP contribution in [0.3, 0.4) is 0 Å². The number of carboxylic acid groups (broad SMARTS) is 1. The Morgan fingerprint density at radius 3 is 2.38 bits per heavy atom. The van der Waals surface area contributed by atoms with Crippen LogP contribution in [0.1, 0.15) is 10.4 Å². The van der Waals surface area contributed by atoms with Crippen LogP contribution in [0.15, 0.2) is 41.4 Å². The zero-order valence-corrected chi connectivity index (χ0v) is 12.4. The molecule has 0 radical (unpaired) electrons. The average molecular weight is 328 g/mol. The smallest absolute Gasteiger partial charge is 0.337 e. The molecule has 0 saturated heterocycles. The first-order chi connectivity index (χ1) is 9.79. The maximum absolute atomic E-state index is 11.3. The lowest BCUT2D eigenvalue weighted by atomic mass is 10.2. The van der Waals surface area contributed by atoms with Gasteiger partial charge in [-0.25, -0.2) is 18.2 Å². The number of aromatic carboxylic acids is 1. The summed E-state index contributed by atoms with van der Waals surface area (Å²) in [5.41, 5.74) is -0.130. The third-order valence-electron chi connectivity index (χ3n) is 2.55. The minimum Gasteiger partial charge on any atom is -0.478 e. The van der Waals surface area contributed by atoms with Crippen LogP contribution in [0.2, 0.25) is 5.02 Å². The SMILES string of the molecule is CS(=O)(=O)c1ccc(Oc2nccc(C(=O)O)c2Cl)cc1. The van der Waals surface area contributed by atoms with Crippen molar-refractivity contribution in [2.24, 2.45) is 0 Å². The molecule has 1 N–H and O–H groups in total. The van der Waals surface area contributed by atoms with Crippen LogP contribution in [0.5, 0.6) is 11.6 Å². The van der Waals surface area contributed by atoms with E-state index >= 15 is 0 Å². The minimum atomic E-state index is -3.29. The average Bonchev–Trinajstić information content (AvgIpc) is 2.40. The number of sulfone groups is 1. The van der Waals surface area contributed by atoms with Gasteiger partial charge in [-0.15, -0.1) is 0 Å². The Kier molecular flexibility index (Phi) is 4.15. The van der Waals surface area contributed by atoms with Crippen molar-refractivity contribution in [3.05, 3.63) is 47.1 Å². The highest BCUT2D eigenvalue weighted by Crippen LogP contribution is 2.30. The summed E-state index contributed by atoms with van der Waals surface area (Å²) in [4.78, 5) is 14.9. The van der Waals surface area contributed by atoms with Gasteiger partial charge in [-0.05, 0) is 30.3 Å². The van der Waals surface area contributed by atoms with Gasteiger partial charge in [0, 0.05) is 12.5 Å². The summed E-state index contributed by atoms with van der Waals surface area (Å²) < 4.78 is 28.0. The first kappa shape index (κ1) is 15.3. The molecule has 2 aromatic rings. The third kappa shape index (κ3) is 3.50. The van der Waals surface area contributed by atoms with E-state index in [-0.39, 0.29) is 21.4 Å². The quantitative estimate of drug-likeness (QED) is 0.927. The predicted molar refractivity (Wildman–Crippen MR) is 75.8 cm³/mol. The van der Waals surface area contributed by atoms with Crippen LogP contribution in [0.4, 0.5) is 0 Å². The number of hydrogen-bond acceptors (Lipinski definition) is 5. The summed E-state index contributed by atoms with van der Waals surface area (Å²) in [6, 6.07) is 6.87. The molecule has 21 heavy (non-hydrogen) atoms. The van der Waals surface area contributed by atoms with Crippen LogP contribution in [0, 0.1) is 0 Å². The summed E-state index contributed by atoms with van der Waals surface area (Å²) in [6.07, 6.45) is 2.35. The lowest BCUT2D eigenvalue weighted by molar-refractivity contribution is 0.0696. The van der Waals surface area contributed by atoms with Crippen LogP contribution < -0.4 is 4.74 Å². The summed E-state index contributed by atoms with van der Waals surface area (Å²) in [7, 11) is -3.29. The molecule has 0 fully saturated rings. The standard InChI is InChI=1S/C13H10ClNO5S/c1-21(18,19)9-4-2-8(3-5-9)20-12-11(14)10(13(16)17)6-7-15-12/h2-7H,1H3,(H,16,17). The fourth-order valence-corrected chi connectivity index (χ4v) is 2.39. The van der Waals surface area contributed by atoms with Gasteiger partial charge < -0.3 is 9.84 Å². The molecule has 6 nitrogen and oxygen atoms in total. The monoisotopic (exact) mass is 327 g/mol. The Balaban J connectivity index is 2.31. The van der Waals surface area contributed by atoms with Gasteiger partial charge in [-0.1, -0.05) is 11.6 Å². The first-order valence-electron chi connectivity index (χ1n) is 5.65. The Morgan fingerprint density at radius 2 is 1.86 bits per heavy atom. The molecule has 8 heteroatoms. The van der Waals surface area contributed by atoms with Crippen molar-refractivity contribution in [1.82, 2.24) is 4.98 Å². The number of aromatic nitrogens is 1. The van der Waals surface area contributed by atoms with Gasteiger partial charge in [0.05, 0.1) is 10.5 Å². The number of pyridine rings is 1. The molecule has 0 aliphatic heterocycles. The number of carbonyl (C=O) groups is 1. The number of halogens is 1. The van der Waals surface area contributed by atoms with E-state index in [1.54, 1.807) is 0 Å². The molecule has 1 aromatic heterocycles. The number of carboxylic acids is 1. The Morgan fingerprint density at radius 1 is 1.24 bits per heavy atom. The molecule has 0 saturated carbocycles. The van der Waals surface area contributed by atoms with Crippen molar-refractivity contribution in [3.8, 4) is 11.6 Å². The zero-order valence-electron chi connectivity index (χ0n) is 10.8. The van der Waals surface area contributed by atoms with Gasteiger partial charge >= 0.3 is 5.97 Å². The van der Waals surface area contributed by atoms with Crippen LogP contribution in [0.25, 0.3) is 0 Å². The van der Waals surface area contributed by atoms with Gasteiger partial charge in [-0.2, -0.15) is 0 Å². The van der Waals surface area contributed by atoms with Gasteiger partial charge in [-0.3, -0.25) is 0 Å². The summed E-state index contributed by atoms with van der Waals surface area (Å²) in [5.74, 6) is -0.970. The van der Waals surface area contributed by atoms with E-state index in [1.165, 1.54) is 36.5 Å². The van der Waals surface area contributed by atoms with Crippen molar-refractivity contribution < 1.29 is 23.1 Å². The topological polar surface area (TPSA) is 93.6 Å². The second-order valence-corrected chi connectivity index (χ2v) is 6.52. The van der Waals surface area contributed by atoms with Crippen molar-refractivity contribution in [2.45, 2.75) is 4.90 Å². The molecule has 0 bridgehead atoms. The molecule has 110 valence electrons. The maximum atomic E-state index is 11.3. The highest BCUT2D eigenvalue weighted by atomic mass is 35.5. The van der Waals surface area contributed by atoms with Gasteiger partial charge in [0.2, 0.25) is 5.88 Å². The lowest BCUT2D eigenvalue weighted by Gasteiger charge is -2.08. The summed E-state index contributed by atoms with van der Waals surface area (Å²) >= 11 is 5.89. The molecule has 0 spiro atoms. The van der Waals surface area contributed by atoms with Crippen molar-refractivity contribution >= 4 is 27.4 Å². The molecule has 0 amide bonds. The second-order valence-electron chi connectivity index (χ2n) is 4.13. The van der Waals surface area contributed by atoms with E-state index in [0.717, 1.165) is 6.26 Å². The fraction of sp³-hybridized carbons (Fsp3) is 0.0769. The van der Waals surface area contributed by atoms with Gasteiger partial charge in [0.25, 0.3) is 0 Å². The fourth-order valence-electron chi connectivity index (χ4n) is 1.53. The van der Waals surface area contributed by atoms with Crippen molar-refractivity contribution in [3.63, 3.8) is 0 Å². The molecule has 1 heterocycles. The number of rotatable bonds is 4. The molecule has 1 aromatic carbocycles. The van der Waals surface area contributed by atoms with Crippen LogP contribution in [-0.2, 0) is 9.84 Å². The van der Waals surface area contributed by atoms with Crippen molar-refractivity contribution in [2.75, 3.05) is 6.26 Å². The largest absolute Gasteiger partial charge is 0.478 e. The number of hydrogen-bond donors (Lipinski definition) is 1. The molecule has 2 rings (SSSR count). The highest BCUT2D eigenvalue weighted by molar-refractivity contribution is 7.90. The van der Waals surface area contributed by atoms with Gasteiger partial charge in [0.1, 0.15) is 10.8 Å². The molecule has 0 unspecified atom stereocenters. The third-order valence-corrected chi connectivity index (χ3v) is 4.05. The second kappa shape index (κ2) is 5.71. The van der Waals surface area contributed by atoms with Crippen LogP contribution >= 0.6 is 11.6 Å². The molecule has 0 aliphatic rings. The Bertz CT molecular complexity index is 787. The Labute approximate surface area is 125 Å². The summed E-state index contributed by atoms with van der Waals surface area (Å²) in [5, 5.41) is 8.82. The summed E-state index contributed by atoms with van der Waals surface area (Å²) in [6.45, 7) is 0. The predicted octanol–water partition coefficient (Wildman–Crippen LogP) is 2.63. The van der Waals surface area contributed by atoms with Crippen LogP contribution in [-0.4, -0.2) is 30.7 Å². The van der Waals surface area contributed by atoms with E-state index in [4.69, 9.17) is 21.4 Å². The van der Waals surface area contributed by atoms with E-state index in [2.05, 4.69) is 4.98 Å². The normalized spacial score (nSPS) is 11.1. The zero-order chi connectivity index (χ0) is 15.6. The number of nitrogens with zero attached hydrogens (tertiary/aromatic N) is 1. The van der Waals surface area contributed by atoms with E-state index in [0.29, 0.717) is 5.75 Å². The van der Waals surface area contributed by atoms with Gasteiger partial charge in [0.15, 0.2) is 9.84 Å².